The molecule has 5 heteroatoms. The first-order valence-corrected chi connectivity index (χ1v) is 8.84. The van der Waals surface area contributed by atoms with Gasteiger partial charge in [0.25, 0.3) is 0 Å². The number of hydrogen-bond acceptors (Lipinski definition) is 2. The van der Waals surface area contributed by atoms with Crippen LogP contribution in [0, 0.1) is 6.92 Å². The second-order valence-corrected chi connectivity index (χ2v) is 6.96. The van der Waals surface area contributed by atoms with Gasteiger partial charge >= 0.3 is 6.03 Å². The molecule has 1 heterocycles. The summed E-state index contributed by atoms with van der Waals surface area (Å²) in [6.45, 7) is 4.24. The van der Waals surface area contributed by atoms with Crippen molar-refractivity contribution in [2.24, 2.45) is 0 Å². The Labute approximate surface area is 142 Å². The lowest BCUT2D eigenvalue weighted by atomic mass is 9.91. The number of carbonyl (C=O) groups is 1. The van der Waals surface area contributed by atoms with Crippen LogP contribution in [0.2, 0.25) is 0 Å². The van der Waals surface area contributed by atoms with Gasteiger partial charge in [-0.1, -0.05) is 11.6 Å². The smallest absolute Gasteiger partial charge is 0.315 e. The average Bonchev–Trinajstić information content (AvgIpc) is 2.90. The predicted molar refractivity (Wildman–Crippen MR) is 96.3 cm³/mol. The molecule has 24 heavy (non-hydrogen) atoms. The Hall–Kier alpha value is -2.01. The van der Waals surface area contributed by atoms with Gasteiger partial charge in [0.1, 0.15) is 0 Å². The lowest BCUT2D eigenvalue weighted by molar-refractivity contribution is 0.229. The first-order chi connectivity index (χ1) is 11.6. The fourth-order valence-corrected chi connectivity index (χ4v) is 3.57. The van der Waals surface area contributed by atoms with E-state index in [2.05, 4.69) is 40.7 Å². The summed E-state index contributed by atoms with van der Waals surface area (Å²) < 4.78 is 0. The summed E-state index contributed by atoms with van der Waals surface area (Å²) >= 11 is 0. The third-order valence-corrected chi connectivity index (χ3v) is 4.85. The zero-order valence-corrected chi connectivity index (χ0v) is 14.5. The van der Waals surface area contributed by atoms with Crippen molar-refractivity contribution >= 4 is 16.9 Å². The highest BCUT2D eigenvalue weighted by molar-refractivity contribution is 5.86. The summed E-state index contributed by atoms with van der Waals surface area (Å²) in [5.41, 5.74) is 5.10. The van der Waals surface area contributed by atoms with Crippen LogP contribution in [0.3, 0.4) is 0 Å². The van der Waals surface area contributed by atoms with Crippen molar-refractivity contribution in [1.82, 2.24) is 15.6 Å². The van der Waals surface area contributed by atoms with E-state index in [1.165, 1.54) is 27.7 Å². The molecule has 0 aliphatic heterocycles. The molecule has 3 rings (SSSR count). The molecule has 4 N–H and O–H groups in total. The van der Waals surface area contributed by atoms with Crippen LogP contribution >= 0.6 is 0 Å². The maximum Gasteiger partial charge on any atom is 0.315 e. The molecule has 2 aromatic rings. The number of amides is 2. The number of H-pyrrole nitrogens is 1. The molecule has 0 saturated heterocycles. The van der Waals surface area contributed by atoms with Gasteiger partial charge in [-0.05, 0) is 63.6 Å². The molecule has 0 spiro atoms. The Morgan fingerprint density at radius 2 is 2.29 bits per heavy atom. The number of rotatable bonds is 5. The average molecular weight is 329 g/mol. The first kappa shape index (κ1) is 16.8. The maximum atomic E-state index is 12.2. The predicted octanol–water partition coefficient (Wildman–Crippen LogP) is 2.79. The largest absolute Gasteiger partial charge is 0.396 e. The van der Waals surface area contributed by atoms with Crippen LogP contribution in [0.25, 0.3) is 10.9 Å². The first-order valence-electron chi connectivity index (χ1n) is 8.84. The van der Waals surface area contributed by atoms with Crippen molar-refractivity contribution < 1.29 is 9.90 Å². The molecular formula is C19H27N3O2. The topological polar surface area (TPSA) is 77.2 Å². The van der Waals surface area contributed by atoms with Gasteiger partial charge in [0.05, 0.1) is 0 Å². The molecule has 0 saturated carbocycles. The highest BCUT2D eigenvalue weighted by Gasteiger charge is 2.24. The highest BCUT2D eigenvalue weighted by Crippen LogP contribution is 2.29. The third-order valence-electron chi connectivity index (χ3n) is 4.85. The second kappa shape index (κ2) is 7.26. The van der Waals surface area contributed by atoms with Gasteiger partial charge in [-0.3, -0.25) is 0 Å². The molecule has 130 valence electrons. The quantitative estimate of drug-likeness (QED) is 0.681. The summed E-state index contributed by atoms with van der Waals surface area (Å²) in [6.07, 6.45) is 4.30. The summed E-state index contributed by atoms with van der Waals surface area (Å²) in [4.78, 5) is 15.7. The number of carbonyl (C=O) groups excluding carboxylic acids is 1. The zero-order chi connectivity index (χ0) is 17.1. The van der Waals surface area contributed by atoms with Crippen LogP contribution in [-0.2, 0) is 12.8 Å². The molecule has 1 aliphatic rings. The number of hydrogen-bond donors (Lipinski definition) is 4. The lowest BCUT2D eigenvalue weighted by Gasteiger charge is -2.25. The standard InChI is InChI=1S/C19H27N3O2/c1-12-5-7-17-15(10-12)16-11-14(6-8-18(16)22-17)21-19(24)20-13(2)4-3-9-23/h5,7,10,13-14,22-23H,3-4,6,8-9,11H2,1-2H3,(H2,20,21,24). The van der Waals surface area contributed by atoms with Crippen molar-refractivity contribution in [3.8, 4) is 0 Å². The molecule has 2 amide bonds. The Kier molecular flexibility index (Phi) is 5.09. The van der Waals surface area contributed by atoms with Gasteiger partial charge in [-0.15, -0.1) is 0 Å². The molecule has 5 nitrogen and oxygen atoms in total. The Bertz CT molecular complexity index is 723. The SMILES string of the molecule is Cc1ccc2[nH]c3c(c2c1)CC(NC(=O)NC(C)CCCO)CC3. The number of urea groups is 1. The lowest BCUT2D eigenvalue weighted by Crippen LogP contribution is -2.47. The molecule has 1 aromatic carbocycles. The number of aryl methyl sites for hydroxylation is 2. The minimum atomic E-state index is -0.107. The van der Waals surface area contributed by atoms with Crippen molar-refractivity contribution in [2.45, 2.75) is 58.0 Å². The van der Waals surface area contributed by atoms with Crippen molar-refractivity contribution in [3.05, 3.63) is 35.0 Å². The van der Waals surface area contributed by atoms with E-state index in [0.29, 0.717) is 6.42 Å². The van der Waals surface area contributed by atoms with E-state index < -0.39 is 0 Å². The molecular weight excluding hydrogens is 302 g/mol. The molecule has 1 aromatic heterocycles. The van der Waals surface area contributed by atoms with Crippen LogP contribution < -0.4 is 10.6 Å². The number of fused-ring (bicyclic) bond motifs is 3. The minimum Gasteiger partial charge on any atom is -0.396 e. The second-order valence-electron chi connectivity index (χ2n) is 6.96. The maximum absolute atomic E-state index is 12.2. The van der Waals surface area contributed by atoms with Crippen molar-refractivity contribution in [1.29, 1.82) is 0 Å². The van der Waals surface area contributed by atoms with Gasteiger partial charge in [0, 0.05) is 35.3 Å². The van der Waals surface area contributed by atoms with Crippen LogP contribution in [-0.4, -0.2) is 34.8 Å². The number of aliphatic hydroxyl groups is 1. The van der Waals surface area contributed by atoms with Crippen molar-refractivity contribution in [2.75, 3.05) is 6.61 Å². The van der Waals surface area contributed by atoms with Crippen LogP contribution in [0.15, 0.2) is 18.2 Å². The highest BCUT2D eigenvalue weighted by atomic mass is 16.3. The number of aromatic amines is 1. The normalized spacial score (nSPS) is 18.2. The van der Waals surface area contributed by atoms with Crippen LogP contribution in [0.1, 0.15) is 43.0 Å². The Balaban J connectivity index is 1.63. The summed E-state index contributed by atoms with van der Waals surface area (Å²) in [6, 6.07) is 6.63. The van der Waals surface area contributed by atoms with Crippen LogP contribution in [0.4, 0.5) is 4.79 Å². The molecule has 2 unspecified atom stereocenters. The fourth-order valence-electron chi connectivity index (χ4n) is 3.57. The van der Waals surface area contributed by atoms with Gasteiger partial charge in [0.2, 0.25) is 0 Å². The minimum absolute atomic E-state index is 0.0760. The number of aromatic nitrogens is 1. The van der Waals surface area contributed by atoms with E-state index in [0.717, 1.165) is 25.7 Å². The van der Waals surface area contributed by atoms with Gasteiger partial charge < -0.3 is 20.7 Å². The number of benzene rings is 1. The van der Waals surface area contributed by atoms with Gasteiger partial charge in [0.15, 0.2) is 0 Å². The summed E-state index contributed by atoms with van der Waals surface area (Å²) in [7, 11) is 0. The van der Waals surface area contributed by atoms with E-state index in [4.69, 9.17) is 5.11 Å². The number of aliphatic hydroxyl groups excluding tert-OH is 1. The molecule has 1 aliphatic carbocycles. The van der Waals surface area contributed by atoms with Crippen molar-refractivity contribution in [3.63, 3.8) is 0 Å². The zero-order valence-electron chi connectivity index (χ0n) is 14.5. The summed E-state index contributed by atoms with van der Waals surface area (Å²) in [5, 5.41) is 16.2. The molecule has 0 bridgehead atoms. The Morgan fingerprint density at radius 1 is 1.46 bits per heavy atom. The monoisotopic (exact) mass is 329 g/mol. The third kappa shape index (κ3) is 3.73. The summed E-state index contributed by atoms with van der Waals surface area (Å²) in [5.74, 6) is 0. The van der Waals surface area contributed by atoms with E-state index in [1.807, 2.05) is 6.92 Å². The molecule has 0 radical (unpaired) electrons. The number of nitrogens with one attached hydrogen (secondary N) is 3. The van der Waals surface area contributed by atoms with E-state index in [-0.39, 0.29) is 24.7 Å². The fraction of sp³-hybridized carbons (Fsp3) is 0.526. The van der Waals surface area contributed by atoms with Gasteiger partial charge in [-0.2, -0.15) is 0 Å². The van der Waals surface area contributed by atoms with E-state index in [1.54, 1.807) is 0 Å². The van der Waals surface area contributed by atoms with E-state index >= 15 is 0 Å². The van der Waals surface area contributed by atoms with E-state index in [9.17, 15) is 4.79 Å². The van der Waals surface area contributed by atoms with Gasteiger partial charge in [-0.25, -0.2) is 4.79 Å². The molecule has 2 atom stereocenters. The Morgan fingerprint density at radius 3 is 3.08 bits per heavy atom. The van der Waals surface area contributed by atoms with Crippen LogP contribution in [0.5, 0.6) is 0 Å². The molecule has 0 fully saturated rings.